The molecule has 1 fully saturated rings. The fraction of sp³-hybridized carbons (Fsp3) is 0.382. The number of benzene rings is 3. The molecule has 2 aliphatic carbocycles. The Labute approximate surface area is 234 Å². The number of ether oxygens (including phenoxy) is 2. The summed E-state index contributed by atoms with van der Waals surface area (Å²) in [7, 11) is 1.52. The predicted octanol–water partition coefficient (Wildman–Crippen LogP) is 8.78. The van der Waals surface area contributed by atoms with Crippen LogP contribution in [0.3, 0.4) is 0 Å². The summed E-state index contributed by atoms with van der Waals surface area (Å²) in [6.45, 7) is 4.29. The predicted molar refractivity (Wildman–Crippen MR) is 152 cm³/mol. The Bertz CT molecular complexity index is 1440. The zero-order chi connectivity index (χ0) is 28.4. The molecule has 210 valence electrons. The minimum atomic E-state index is -0.816. The lowest BCUT2D eigenvalue weighted by Crippen LogP contribution is -2.11. The number of carboxylic acid groups (broad SMARTS) is 1. The van der Waals surface area contributed by atoms with Crippen LogP contribution in [0.5, 0.6) is 11.5 Å². The number of hydrogen-bond acceptors (Lipinski definition) is 3. The smallest absolute Gasteiger partial charge is 0.303 e. The summed E-state index contributed by atoms with van der Waals surface area (Å²) in [6.07, 6.45) is 7.23. The quantitative estimate of drug-likeness (QED) is 0.261. The van der Waals surface area contributed by atoms with Crippen molar-refractivity contribution >= 4 is 11.5 Å². The average molecular weight is 547 g/mol. The number of halogens is 2. The first-order valence-corrected chi connectivity index (χ1v) is 14.0. The van der Waals surface area contributed by atoms with E-state index in [0.29, 0.717) is 28.5 Å². The third-order valence-corrected chi connectivity index (χ3v) is 8.25. The summed E-state index contributed by atoms with van der Waals surface area (Å²) in [6, 6.07) is 15.2. The number of aliphatic carboxylic acids is 1. The molecule has 0 bridgehead atoms. The molecule has 0 spiro atoms. The van der Waals surface area contributed by atoms with Crippen LogP contribution in [0.2, 0.25) is 0 Å². The molecule has 1 saturated carbocycles. The monoisotopic (exact) mass is 546 g/mol. The van der Waals surface area contributed by atoms with Crippen molar-refractivity contribution in [2.24, 2.45) is 11.3 Å². The van der Waals surface area contributed by atoms with Crippen LogP contribution in [0.25, 0.3) is 16.7 Å². The zero-order valence-corrected chi connectivity index (χ0v) is 23.3. The molecule has 1 N–H and O–H groups in total. The van der Waals surface area contributed by atoms with Crippen LogP contribution in [0.15, 0.2) is 60.7 Å². The van der Waals surface area contributed by atoms with Gasteiger partial charge < -0.3 is 14.6 Å². The standard InChI is InChI=1S/C34H36F2O4/c1-34(2)13-5-8-30(34)28-16-24(32(36)19-27(28)29-18-25(39-3)11-12-31(29)35)20-40-26-7-4-6-22(15-26)23(17-33(37)38)14-21-9-10-21/h4,6-8,11-12,15-16,18-19,21,23H,5,9-10,13-14,17,20H2,1-3H3,(H,37,38)/t23-/m1/s1. The Hall–Kier alpha value is -3.67. The maximum absolute atomic E-state index is 15.6. The topological polar surface area (TPSA) is 55.8 Å². The van der Waals surface area contributed by atoms with Crippen molar-refractivity contribution in [3.05, 3.63) is 89.0 Å². The maximum Gasteiger partial charge on any atom is 0.303 e. The van der Waals surface area contributed by atoms with E-state index in [1.54, 1.807) is 24.3 Å². The SMILES string of the molecule is COc1ccc(F)c(-c2cc(F)c(COc3cccc([C@@H](CC(=O)O)CC4CC4)c3)cc2C2=CCCC2(C)C)c1. The summed E-state index contributed by atoms with van der Waals surface area (Å²) >= 11 is 0. The van der Waals surface area contributed by atoms with E-state index in [4.69, 9.17) is 9.47 Å². The molecule has 6 heteroatoms. The zero-order valence-electron chi connectivity index (χ0n) is 23.3. The molecule has 0 amide bonds. The first-order valence-electron chi connectivity index (χ1n) is 14.0. The Kier molecular flexibility index (Phi) is 7.97. The lowest BCUT2D eigenvalue weighted by atomic mass is 9.79. The molecule has 2 aliphatic rings. The maximum atomic E-state index is 15.6. The highest BCUT2D eigenvalue weighted by molar-refractivity contribution is 5.85. The van der Waals surface area contributed by atoms with E-state index < -0.39 is 17.6 Å². The molecule has 0 heterocycles. The Morgan fingerprint density at radius 2 is 1.80 bits per heavy atom. The van der Waals surface area contributed by atoms with Gasteiger partial charge >= 0.3 is 5.97 Å². The number of methoxy groups -OCH3 is 1. The van der Waals surface area contributed by atoms with Crippen molar-refractivity contribution in [2.75, 3.05) is 7.11 Å². The van der Waals surface area contributed by atoms with Crippen molar-refractivity contribution in [2.45, 2.75) is 64.9 Å². The van der Waals surface area contributed by atoms with E-state index in [2.05, 4.69) is 19.9 Å². The Morgan fingerprint density at radius 1 is 1.00 bits per heavy atom. The number of carbonyl (C=O) groups is 1. The fourth-order valence-corrected chi connectivity index (χ4v) is 5.80. The normalized spacial score (nSPS) is 16.9. The largest absolute Gasteiger partial charge is 0.497 e. The van der Waals surface area contributed by atoms with Crippen LogP contribution >= 0.6 is 0 Å². The van der Waals surface area contributed by atoms with Gasteiger partial charge in [0, 0.05) is 11.1 Å². The lowest BCUT2D eigenvalue weighted by molar-refractivity contribution is -0.137. The van der Waals surface area contributed by atoms with Crippen LogP contribution in [0.1, 0.15) is 75.0 Å². The summed E-state index contributed by atoms with van der Waals surface area (Å²) in [4.78, 5) is 11.5. The number of rotatable bonds is 11. The molecule has 3 aromatic carbocycles. The van der Waals surface area contributed by atoms with E-state index in [1.807, 2.05) is 18.2 Å². The van der Waals surface area contributed by atoms with E-state index in [0.717, 1.165) is 48.8 Å². The highest BCUT2D eigenvalue weighted by Crippen LogP contribution is 2.48. The van der Waals surface area contributed by atoms with Gasteiger partial charge in [0.2, 0.25) is 0 Å². The first kappa shape index (κ1) is 27.9. The van der Waals surface area contributed by atoms with Crippen molar-refractivity contribution in [3.63, 3.8) is 0 Å². The Morgan fingerprint density at radius 3 is 2.48 bits per heavy atom. The van der Waals surface area contributed by atoms with E-state index in [9.17, 15) is 9.90 Å². The van der Waals surface area contributed by atoms with Crippen LogP contribution in [0, 0.1) is 23.0 Å². The average Bonchev–Trinajstić information content (AvgIpc) is 3.67. The van der Waals surface area contributed by atoms with Gasteiger partial charge in [-0.05, 0) is 101 Å². The van der Waals surface area contributed by atoms with Crippen molar-refractivity contribution in [3.8, 4) is 22.6 Å². The van der Waals surface area contributed by atoms with Crippen LogP contribution < -0.4 is 9.47 Å². The minimum Gasteiger partial charge on any atom is -0.497 e. The fourth-order valence-electron chi connectivity index (χ4n) is 5.80. The van der Waals surface area contributed by atoms with Gasteiger partial charge in [-0.25, -0.2) is 8.78 Å². The lowest BCUT2D eigenvalue weighted by Gasteiger charge is -2.26. The highest BCUT2D eigenvalue weighted by Gasteiger charge is 2.31. The molecular weight excluding hydrogens is 510 g/mol. The third kappa shape index (κ3) is 6.22. The summed E-state index contributed by atoms with van der Waals surface area (Å²) < 4.78 is 42.0. The summed E-state index contributed by atoms with van der Waals surface area (Å²) in [5.74, 6) is -0.172. The van der Waals surface area contributed by atoms with Gasteiger partial charge in [0.25, 0.3) is 0 Å². The van der Waals surface area contributed by atoms with Crippen LogP contribution in [-0.2, 0) is 11.4 Å². The van der Waals surface area contributed by atoms with Crippen molar-refractivity contribution in [1.82, 2.24) is 0 Å². The van der Waals surface area contributed by atoms with E-state index >= 15 is 8.78 Å². The van der Waals surface area contributed by atoms with E-state index in [1.165, 1.54) is 19.2 Å². The Balaban J connectivity index is 1.46. The minimum absolute atomic E-state index is 0.0108. The van der Waals surface area contributed by atoms with Crippen molar-refractivity contribution in [1.29, 1.82) is 0 Å². The number of carboxylic acids is 1. The molecule has 0 radical (unpaired) electrons. The van der Waals surface area contributed by atoms with E-state index in [-0.39, 0.29) is 29.9 Å². The molecule has 0 aromatic heterocycles. The van der Waals surface area contributed by atoms with Gasteiger partial charge in [-0.2, -0.15) is 0 Å². The second-order valence-corrected chi connectivity index (χ2v) is 11.7. The molecule has 5 rings (SSSR count). The van der Waals surface area contributed by atoms with Crippen LogP contribution in [-0.4, -0.2) is 18.2 Å². The summed E-state index contributed by atoms with van der Waals surface area (Å²) in [5.41, 5.74) is 3.77. The molecule has 1 atom stereocenters. The number of allylic oxidation sites excluding steroid dienone is 2. The van der Waals surface area contributed by atoms with Gasteiger partial charge in [0.15, 0.2) is 0 Å². The molecule has 0 aliphatic heterocycles. The first-order chi connectivity index (χ1) is 19.1. The van der Waals surface area contributed by atoms with Gasteiger partial charge in [0.05, 0.1) is 13.5 Å². The molecule has 0 saturated heterocycles. The highest BCUT2D eigenvalue weighted by atomic mass is 19.1. The summed E-state index contributed by atoms with van der Waals surface area (Å²) in [5, 5.41) is 9.43. The van der Waals surface area contributed by atoms with Gasteiger partial charge in [-0.3, -0.25) is 4.79 Å². The van der Waals surface area contributed by atoms with Crippen molar-refractivity contribution < 1.29 is 28.2 Å². The second-order valence-electron chi connectivity index (χ2n) is 11.7. The van der Waals surface area contributed by atoms with Gasteiger partial charge in [-0.15, -0.1) is 0 Å². The van der Waals surface area contributed by atoms with Gasteiger partial charge in [-0.1, -0.05) is 44.9 Å². The molecule has 4 nitrogen and oxygen atoms in total. The molecule has 0 unspecified atom stereocenters. The third-order valence-electron chi connectivity index (χ3n) is 8.25. The molecule has 3 aromatic rings. The number of hydrogen-bond donors (Lipinski definition) is 1. The van der Waals surface area contributed by atoms with Gasteiger partial charge in [0.1, 0.15) is 29.7 Å². The molecular formula is C34H36F2O4. The molecule has 40 heavy (non-hydrogen) atoms. The van der Waals surface area contributed by atoms with Crippen LogP contribution in [0.4, 0.5) is 8.78 Å². The second kappa shape index (κ2) is 11.4.